The lowest BCUT2D eigenvalue weighted by Gasteiger charge is -2.11. The lowest BCUT2D eigenvalue weighted by atomic mass is 10.2. The van der Waals surface area contributed by atoms with Crippen molar-refractivity contribution < 1.29 is 14.1 Å². The van der Waals surface area contributed by atoms with Crippen LogP contribution in [0, 0.1) is 6.92 Å². The number of nitrogens with zero attached hydrogens (tertiary/aromatic N) is 4. The quantitative estimate of drug-likeness (QED) is 0.407. The number of hydrogen-bond donors (Lipinski definition) is 2. The fourth-order valence-corrected chi connectivity index (χ4v) is 3.77. The lowest BCUT2D eigenvalue weighted by molar-refractivity contribution is -0.116. The Balaban J connectivity index is 1.59. The Morgan fingerprint density at radius 2 is 2.03 bits per heavy atom. The fraction of sp³-hybridized carbons (Fsp3) is 0.182. The molecule has 10 heteroatoms. The highest BCUT2D eigenvalue weighted by Crippen LogP contribution is 2.35. The van der Waals surface area contributed by atoms with Crippen LogP contribution in [0.3, 0.4) is 0 Å². The Hall–Kier alpha value is -3.79. The van der Waals surface area contributed by atoms with Gasteiger partial charge < -0.3 is 20.3 Å². The minimum Gasteiger partial charge on any atom is -0.495 e. The number of nitrogen functional groups attached to an aromatic ring is 1. The predicted octanol–water partition coefficient (Wildman–Crippen LogP) is 3.86. The number of anilines is 2. The van der Waals surface area contributed by atoms with E-state index in [1.54, 1.807) is 13.2 Å². The molecule has 164 valence electrons. The fourth-order valence-electron chi connectivity index (χ4n) is 3.19. The molecule has 0 radical (unpaired) electrons. The van der Waals surface area contributed by atoms with E-state index in [0.717, 1.165) is 11.1 Å². The molecule has 2 aromatic heterocycles. The van der Waals surface area contributed by atoms with Crippen LogP contribution in [0.25, 0.3) is 22.8 Å². The molecule has 1 amide bonds. The van der Waals surface area contributed by atoms with Crippen LogP contribution in [0.4, 0.5) is 11.5 Å². The van der Waals surface area contributed by atoms with Gasteiger partial charge in [0, 0.05) is 5.56 Å². The first-order valence-electron chi connectivity index (χ1n) is 9.74. The van der Waals surface area contributed by atoms with Crippen molar-refractivity contribution in [1.29, 1.82) is 0 Å². The zero-order valence-corrected chi connectivity index (χ0v) is 18.6. The third-order valence-electron chi connectivity index (χ3n) is 4.75. The molecule has 0 spiro atoms. The van der Waals surface area contributed by atoms with Crippen molar-refractivity contribution in [3.05, 3.63) is 54.1 Å². The number of methoxy groups -OCH3 is 1. The second kappa shape index (κ2) is 9.15. The second-order valence-electron chi connectivity index (χ2n) is 6.97. The smallest absolute Gasteiger partial charge is 0.264 e. The molecule has 0 fully saturated rings. The molecule has 4 rings (SSSR count). The van der Waals surface area contributed by atoms with Gasteiger partial charge in [-0.3, -0.25) is 4.79 Å². The molecular weight excluding hydrogens is 428 g/mol. The first-order chi connectivity index (χ1) is 15.5. The van der Waals surface area contributed by atoms with Gasteiger partial charge in [0.25, 0.3) is 5.89 Å². The van der Waals surface area contributed by atoms with Crippen LogP contribution in [0.15, 0.2) is 58.1 Å². The zero-order valence-electron chi connectivity index (χ0n) is 17.8. The minimum absolute atomic E-state index is 0.0871. The summed E-state index contributed by atoms with van der Waals surface area (Å²) in [5.74, 6) is 1.24. The Labute approximate surface area is 189 Å². The number of aryl methyl sites for hydroxylation is 1. The summed E-state index contributed by atoms with van der Waals surface area (Å²) in [6, 6.07) is 15.0. The number of nitrogens with one attached hydrogen (secondary N) is 1. The molecule has 0 aliphatic rings. The van der Waals surface area contributed by atoms with Gasteiger partial charge >= 0.3 is 0 Å². The minimum atomic E-state index is -0.294. The van der Waals surface area contributed by atoms with E-state index in [-0.39, 0.29) is 24.2 Å². The van der Waals surface area contributed by atoms with Crippen LogP contribution in [0.5, 0.6) is 5.75 Å². The maximum absolute atomic E-state index is 12.7. The van der Waals surface area contributed by atoms with Crippen molar-refractivity contribution in [2.75, 3.05) is 24.4 Å². The Kier molecular flexibility index (Phi) is 6.13. The van der Waals surface area contributed by atoms with Crippen LogP contribution in [0.1, 0.15) is 5.56 Å². The predicted molar refractivity (Wildman–Crippen MR) is 124 cm³/mol. The Bertz CT molecular complexity index is 1250. The third kappa shape index (κ3) is 4.30. The maximum atomic E-state index is 12.7. The van der Waals surface area contributed by atoms with Crippen molar-refractivity contribution in [3.63, 3.8) is 0 Å². The second-order valence-corrected chi connectivity index (χ2v) is 7.76. The molecule has 0 saturated heterocycles. The number of rotatable bonds is 7. The van der Waals surface area contributed by atoms with E-state index in [2.05, 4.69) is 20.6 Å². The highest BCUT2D eigenvalue weighted by Gasteiger charge is 2.24. The molecule has 0 aliphatic heterocycles. The van der Waals surface area contributed by atoms with Crippen LogP contribution in [-0.4, -0.2) is 39.2 Å². The number of carbonyl (C=O) groups is 1. The standard InChI is InChI=1S/C22H22N6O3S/c1-13-9-10-16(30-2)15(11-13)24-17(29)12-28-19(23)18(22(26-28)32-3)21-25-20(27-31-21)14-7-5-4-6-8-14/h4-11H,12,23H2,1-3H3,(H,24,29). The van der Waals surface area contributed by atoms with Crippen LogP contribution in [-0.2, 0) is 11.3 Å². The summed E-state index contributed by atoms with van der Waals surface area (Å²) in [6.45, 7) is 1.85. The summed E-state index contributed by atoms with van der Waals surface area (Å²) in [6.07, 6.45) is 1.86. The summed E-state index contributed by atoms with van der Waals surface area (Å²) in [4.78, 5) is 17.2. The number of nitrogens with two attached hydrogens (primary N) is 1. The molecule has 2 heterocycles. The largest absolute Gasteiger partial charge is 0.495 e. The molecular formula is C22H22N6O3S. The highest BCUT2D eigenvalue weighted by molar-refractivity contribution is 7.98. The molecule has 0 saturated carbocycles. The number of carbonyl (C=O) groups excluding carboxylic acids is 1. The number of hydrogen-bond acceptors (Lipinski definition) is 8. The summed E-state index contributed by atoms with van der Waals surface area (Å²) >= 11 is 1.38. The van der Waals surface area contributed by atoms with E-state index in [4.69, 9.17) is 15.0 Å². The van der Waals surface area contributed by atoms with Gasteiger partial charge in [-0.25, -0.2) is 4.68 Å². The van der Waals surface area contributed by atoms with E-state index in [0.29, 0.717) is 27.9 Å². The number of benzene rings is 2. The van der Waals surface area contributed by atoms with Crippen molar-refractivity contribution in [1.82, 2.24) is 19.9 Å². The normalized spacial score (nSPS) is 10.8. The average molecular weight is 451 g/mol. The monoisotopic (exact) mass is 450 g/mol. The van der Waals surface area contributed by atoms with Gasteiger partial charge in [-0.2, -0.15) is 10.1 Å². The maximum Gasteiger partial charge on any atom is 0.264 e. The zero-order chi connectivity index (χ0) is 22.7. The van der Waals surface area contributed by atoms with Crippen molar-refractivity contribution in [3.8, 4) is 28.6 Å². The van der Waals surface area contributed by atoms with Gasteiger partial charge in [-0.15, -0.1) is 11.8 Å². The first-order valence-corrected chi connectivity index (χ1v) is 11.0. The molecule has 4 aromatic rings. The molecule has 0 atom stereocenters. The Morgan fingerprint density at radius 1 is 1.25 bits per heavy atom. The summed E-state index contributed by atoms with van der Waals surface area (Å²) in [7, 11) is 1.55. The van der Waals surface area contributed by atoms with Gasteiger partial charge in [0.2, 0.25) is 11.7 Å². The molecule has 9 nitrogen and oxygen atoms in total. The molecule has 3 N–H and O–H groups in total. The average Bonchev–Trinajstić information content (AvgIpc) is 3.39. The third-order valence-corrected chi connectivity index (χ3v) is 5.42. The van der Waals surface area contributed by atoms with E-state index in [1.165, 1.54) is 16.4 Å². The summed E-state index contributed by atoms with van der Waals surface area (Å²) < 4.78 is 12.2. The van der Waals surface area contributed by atoms with E-state index in [1.807, 2.05) is 55.6 Å². The van der Waals surface area contributed by atoms with Gasteiger partial charge in [0.1, 0.15) is 28.7 Å². The van der Waals surface area contributed by atoms with E-state index >= 15 is 0 Å². The van der Waals surface area contributed by atoms with Crippen LogP contribution >= 0.6 is 11.8 Å². The number of thioether (sulfide) groups is 1. The van der Waals surface area contributed by atoms with E-state index in [9.17, 15) is 4.79 Å². The highest BCUT2D eigenvalue weighted by atomic mass is 32.2. The van der Waals surface area contributed by atoms with Crippen molar-refractivity contribution >= 4 is 29.2 Å². The van der Waals surface area contributed by atoms with Gasteiger partial charge in [0.05, 0.1) is 12.8 Å². The molecule has 2 aromatic carbocycles. The van der Waals surface area contributed by atoms with Gasteiger partial charge in [-0.05, 0) is 30.9 Å². The van der Waals surface area contributed by atoms with Gasteiger partial charge in [-0.1, -0.05) is 41.6 Å². The van der Waals surface area contributed by atoms with E-state index < -0.39 is 0 Å². The van der Waals surface area contributed by atoms with Crippen molar-refractivity contribution in [2.24, 2.45) is 0 Å². The topological polar surface area (TPSA) is 121 Å². The Morgan fingerprint density at radius 3 is 2.75 bits per heavy atom. The molecule has 0 bridgehead atoms. The van der Waals surface area contributed by atoms with Crippen LogP contribution in [0.2, 0.25) is 0 Å². The summed E-state index contributed by atoms with van der Waals surface area (Å²) in [5.41, 5.74) is 9.25. The number of amides is 1. The first kappa shape index (κ1) is 21.4. The molecule has 32 heavy (non-hydrogen) atoms. The molecule has 0 unspecified atom stereocenters. The van der Waals surface area contributed by atoms with Crippen molar-refractivity contribution in [2.45, 2.75) is 18.5 Å². The number of aromatic nitrogens is 4. The SMILES string of the molecule is COc1ccc(C)cc1NC(=O)Cn1nc(SC)c(-c2nc(-c3ccccc3)no2)c1N. The summed E-state index contributed by atoms with van der Waals surface area (Å²) in [5, 5.41) is 12.0. The van der Waals surface area contributed by atoms with Gasteiger partial charge in [0.15, 0.2) is 0 Å². The van der Waals surface area contributed by atoms with Crippen LogP contribution < -0.4 is 15.8 Å². The number of ether oxygens (including phenoxy) is 1. The molecule has 0 aliphatic carbocycles. The lowest BCUT2D eigenvalue weighted by Crippen LogP contribution is -2.21.